The number of hydrogen-bond acceptors (Lipinski definition) is 3. The highest BCUT2D eigenvalue weighted by Crippen LogP contribution is 2.32. The summed E-state index contributed by atoms with van der Waals surface area (Å²) in [7, 11) is 0. The number of ether oxygens (including phenoxy) is 2. The van der Waals surface area contributed by atoms with Crippen molar-refractivity contribution in [2.75, 3.05) is 18.5 Å². The summed E-state index contributed by atoms with van der Waals surface area (Å²) in [5, 5.41) is 3.04. The molecule has 0 fully saturated rings. The zero-order valence-electron chi connectivity index (χ0n) is 10.7. The van der Waals surface area contributed by atoms with Gasteiger partial charge in [-0.15, -0.1) is 0 Å². The standard InChI is InChI=1S/C15H13F2NO2/c16-12-3-1-2-10(15(12)17)9-18-11-4-5-13-14(8-11)20-7-6-19-13/h1-5,8,18H,6-7,9H2. The maximum Gasteiger partial charge on any atom is 0.163 e. The second-order valence-corrected chi connectivity index (χ2v) is 4.42. The smallest absolute Gasteiger partial charge is 0.163 e. The van der Waals surface area contributed by atoms with E-state index < -0.39 is 11.6 Å². The summed E-state index contributed by atoms with van der Waals surface area (Å²) in [4.78, 5) is 0. The zero-order chi connectivity index (χ0) is 13.9. The predicted molar refractivity (Wildman–Crippen MR) is 71.1 cm³/mol. The lowest BCUT2D eigenvalue weighted by molar-refractivity contribution is 0.171. The fourth-order valence-corrected chi connectivity index (χ4v) is 2.04. The number of hydrogen-bond donors (Lipinski definition) is 1. The van der Waals surface area contributed by atoms with E-state index in [1.807, 2.05) is 6.07 Å². The van der Waals surface area contributed by atoms with Crippen molar-refractivity contribution in [3.63, 3.8) is 0 Å². The number of nitrogens with one attached hydrogen (secondary N) is 1. The van der Waals surface area contributed by atoms with Crippen LogP contribution in [0.5, 0.6) is 11.5 Å². The third-order valence-electron chi connectivity index (χ3n) is 3.06. The first-order valence-corrected chi connectivity index (χ1v) is 6.30. The number of rotatable bonds is 3. The number of fused-ring (bicyclic) bond motifs is 1. The number of benzene rings is 2. The molecule has 2 aromatic rings. The summed E-state index contributed by atoms with van der Waals surface area (Å²) in [5.74, 6) is -0.316. The van der Waals surface area contributed by atoms with E-state index in [4.69, 9.17) is 9.47 Å². The molecule has 1 N–H and O–H groups in total. The van der Waals surface area contributed by atoms with Gasteiger partial charge < -0.3 is 14.8 Å². The SMILES string of the molecule is Fc1cccc(CNc2ccc3c(c2)OCCO3)c1F. The van der Waals surface area contributed by atoms with E-state index in [0.29, 0.717) is 24.7 Å². The van der Waals surface area contributed by atoms with Crippen LogP contribution in [-0.2, 0) is 6.54 Å². The Morgan fingerprint density at radius 1 is 1.00 bits per heavy atom. The van der Waals surface area contributed by atoms with Gasteiger partial charge in [0.1, 0.15) is 13.2 Å². The molecule has 0 saturated heterocycles. The lowest BCUT2D eigenvalue weighted by atomic mass is 10.2. The van der Waals surface area contributed by atoms with Crippen molar-refractivity contribution in [3.05, 3.63) is 53.6 Å². The fourth-order valence-electron chi connectivity index (χ4n) is 2.04. The van der Waals surface area contributed by atoms with Gasteiger partial charge in [0.05, 0.1) is 0 Å². The molecule has 2 aromatic carbocycles. The molecule has 1 aliphatic rings. The molecule has 1 aliphatic heterocycles. The first-order chi connectivity index (χ1) is 9.74. The molecular weight excluding hydrogens is 264 g/mol. The third-order valence-corrected chi connectivity index (χ3v) is 3.06. The summed E-state index contributed by atoms with van der Waals surface area (Å²) in [6, 6.07) is 9.51. The molecule has 0 spiro atoms. The van der Waals surface area contributed by atoms with Crippen molar-refractivity contribution in [2.24, 2.45) is 0 Å². The van der Waals surface area contributed by atoms with Crippen LogP contribution in [0.2, 0.25) is 0 Å². The van der Waals surface area contributed by atoms with Crippen LogP contribution in [0.15, 0.2) is 36.4 Å². The van der Waals surface area contributed by atoms with Crippen molar-refractivity contribution in [3.8, 4) is 11.5 Å². The van der Waals surface area contributed by atoms with Gasteiger partial charge >= 0.3 is 0 Å². The monoisotopic (exact) mass is 277 g/mol. The van der Waals surface area contributed by atoms with Crippen LogP contribution >= 0.6 is 0 Å². The lowest BCUT2D eigenvalue weighted by Gasteiger charge is -2.19. The Kier molecular flexibility index (Phi) is 3.41. The Hall–Kier alpha value is -2.30. The molecule has 0 amide bonds. The largest absolute Gasteiger partial charge is 0.486 e. The highest BCUT2D eigenvalue weighted by Gasteiger charge is 2.12. The van der Waals surface area contributed by atoms with Crippen LogP contribution in [0.4, 0.5) is 14.5 Å². The summed E-state index contributed by atoms with van der Waals surface area (Å²) in [6.07, 6.45) is 0. The quantitative estimate of drug-likeness (QED) is 0.933. The van der Waals surface area contributed by atoms with Gasteiger partial charge in [0, 0.05) is 23.9 Å². The van der Waals surface area contributed by atoms with E-state index in [0.717, 1.165) is 11.8 Å². The van der Waals surface area contributed by atoms with Gasteiger partial charge in [-0.05, 0) is 18.2 Å². The zero-order valence-corrected chi connectivity index (χ0v) is 10.7. The molecule has 0 aromatic heterocycles. The van der Waals surface area contributed by atoms with Gasteiger partial charge in [0.2, 0.25) is 0 Å². The van der Waals surface area contributed by atoms with Crippen molar-refractivity contribution in [1.29, 1.82) is 0 Å². The summed E-state index contributed by atoms with van der Waals surface area (Å²) >= 11 is 0. The maximum absolute atomic E-state index is 13.5. The first kappa shape index (κ1) is 12.7. The molecule has 0 unspecified atom stereocenters. The normalized spacial score (nSPS) is 13.1. The van der Waals surface area contributed by atoms with Crippen LogP contribution in [0.3, 0.4) is 0 Å². The average Bonchev–Trinajstić information content (AvgIpc) is 2.48. The predicted octanol–water partition coefficient (Wildman–Crippen LogP) is 3.35. The third kappa shape index (κ3) is 2.52. The Morgan fingerprint density at radius 2 is 1.80 bits per heavy atom. The molecule has 0 aliphatic carbocycles. The van der Waals surface area contributed by atoms with Crippen molar-refractivity contribution >= 4 is 5.69 Å². The minimum Gasteiger partial charge on any atom is -0.486 e. The number of halogens is 2. The maximum atomic E-state index is 13.5. The van der Waals surface area contributed by atoms with E-state index in [1.54, 1.807) is 18.2 Å². The molecule has 3 nitrogen and oxygen atoms in total. The highest BCUT2D eigenvalue weighted by atomic mass is 19.2. The van der Waals surface area contributed by atoms with E-state index in [9.17, 15) is 8.78 Å². The Bertz CT molecular complexity index is 631. The Balaban J connectivity index is 1.73. The van der Waals surface area contributed by atoms with Crippen LogP contribution in [0.1, 0.15) is 5.56 Å². The molecule has 0 saturated carbocycles. The molecule has 0 radical (unpaired) electrons. The molecular formula is C15H13F2NO2. The van der Waals surface area contributed by atoms with Crippen molar-refractivity contribution < 1.29 is 18.3 Å². The van der Waals surface area contributed by atoms with Crippen molar-refractivity contribution in [2.45, 2.75) is 6.54 Å². The van der Waals surface area contributed by atoms with E-state index >= 15 is 0 Å². The van der Waals surface area contributed by atoms with Gasteiger partial charge in [0.25, 0.3) is 0 Å². The topological polar surface area (TPSA) is 30.5 Å². The minimum atomic E-state index is -0.841. The first-order valence-electron chi connectivity index (χ1n) is 6.30. The minimum absolute atomic E-state index is 0.198. The summed E-state index contributed by atoms with van der Waals surface area (Å²) in [6.45, 7) is 1.24. The second-order valence-electron chi connectivity index (χ2n) is 4.42. The second kappa shape index (κ2) is 5.36. The Morgan fingerprint density at radius 3 is 2.65 bits per heavy atom. The number of anilines is 1. The van der Waals surface area contributed by atoms with E-state index in [-0.39, 0.29) is 12.1 Å². The lowest BCUT2D eigenvalue weighted by Crippen LogP contribution is -2.15. The average molecular weight is 277 g/mol. The molecule has 104 valence electrons. The fraction of sp³-hybridized carbons (Fsp3) is 0.200. The van der Waals surface area contributed by atoms with Crippen LogP contribution in [0.25, 0.3) is 0 Å². The van der Waals surface area contributed by atoms with Gasteiger partial charge in [-0.2, -0.15) is 0 Å². The molecule has 0 bridgehead atoms. The molecule has 3 rings (SSSR count). The molecule has 1 heterocycles. The molecule has 5 heteroatoms. The Labute approximate surface area is 115 Å². The molecule has 20 heavy (non-hydrogen) atoms. The van der Waals surface area contributed by atoms with Crippen LogP contribution in [-0.4, -0.2) is 13.2 Å². The highest BCUT2D eigenvalue weighted by molar-refractivity contribution is 5.55. The van der Waals surface area contributed by atoms with Gasteiger partial charge in [-0.25, -0.2) is 8.78 Å². The van der Waals surface area contributed by atoms with Crippen LogP contribution < -0.4 is 14.8 Å². The van der Waals surface area contributed by atoms with E-state index in [2.05, 4.69) is 5.32 Å². The van der Waals surface area contributed by atoms with Gasteiger partial charge in [-0.3, -0.25) is 0 Å². The van der Waals surface area contributed by atoms with Crippen LogP contribution in [0, 0.1) is 11.6 Å². The molecule has 0 atom stereocenters. The van der Waals surface area contributed by atoms with Crippen molar-refractivity contribution in [1.82, 2.24) is 0 Å². The summed E-state index contributed by atoms with van der Waals surface area (Å²) in [5.41, 5.74) is 1.04. The summed E-state index contributed by atoms with van der Waals surface area (Å²) < 4.78 is 37.5. The van der Waals surface area contributed by atoms with Gasteiger partial charge in [0.15, 0.2) is 23.1 Å². The van der Waals surface area contributed by atoms with Gasteiger partial charge in [-0.1, -0.05) is 12.1 Å². The van der Waals surface area contributed by atoms with E-state index in [1.165, 1.54) is 6.07 Å².